The van der Waals surface area contributed by atoms with Gasteiger partial charge in [-0.2, -0.15) is 0 Å². The van der Waals surface area contributed by atoms with Gasteiger partial charge in [0, 0.05) is 13.0 Å². The zero-order valence-electron chi connectivity index (χ0n) is 20.6. The second-order valence-corrected chi connectivity index (χ2v) is 9.16. The molecule has 0 amide bonds. The zero-order chi connectivity index (χ0) is 25.3. The number of aliphatic hydroxyl groups is 1. The molecular weight excluding hydrogens is 457 g/mol. The number of carbonyl (C=O) groups is 1. The second-order valence-electron chi connectivity index (χ2n) is 7.70. The Morgan fingerprint density at radius 3 is 2.00 bits per heavy atom. The summed E-state index contributed by atoms with van der Waals surface area (Å²) in [6.07, 6.45) is 25.4. The first kappa shape index (κ1) is 32.5. The van der Waals surface area contributed by atoms with Crippen LogP contribution in [0.3, 0.4) is 0 Å². The van der Waals surface area contributed by atoms with Crippen LogP contribution in [0.25, 0.3) is 0 Å². The van der Waals surface area contributed by atoms with Crippen molar-refractivity contribution in [1.82, 2.24) is 0 Å². The smallest absolute Gasteiger partial charge is 0.463 e. The van der Waals surface area contributed by atoms with Gasteiger partial charge in [0.1, 0.15) is 12.7 Å². The van der Waals surface area contributed by atoms with Crippen molar-refractivity contribution in [2.75, 3.05) is 26.4 Å². The number of unbranched alkanes of at least 4 members (excludes halogenated alkanes) is 4. The molecule has 9 heteroatoms. The lowest BCUT2D eigenvalue weighted by Gasteiger charge is -2.15. The molecule has 0 rings (SSSR count). The van der Waals surface area contributed by atoms with Gasteiger partial charge in [-0.15, -0.1) is 0 Å². The van der Waals surface area contributed by atoms with Gasteiger partial charge in [0.25, 0.3) is 0 Å². The molecular formula is C25H44NO7P. The van der Waals surface area contributed by atoms with E-state index in [0.717, 1.165) is 25.7 Å². The van der Waals surface area contributed by atoms with Crippen LogP contribution in [0.15, 0.2) is 48.6 Å². The third-order valence-electron chi connectivity index (χ3n) is 4.45. The number of carbonyl (C=O) groups excluding carboxylic acids is 1. The monoisotopic (exact) mass is 501 g/mol. The van der Waals surface area contributed by atoms with E-state index in [2.05, 4.69) is 58.5 Å². The van der Waals surface area contributed by atoms with E-state index >= 15 is 0 Å². The maximum Gasteiger partial charge on any atom is 0.472 e. The van der Waals surface area contributed by atoms with Crippen LogP contribution in [0.4, 0.5) is 0 Å². The lowest BCUT2D eigenvalue weighted by molar-refractivity contribution is -0.147. The van der Waals surface area contributed by atoms with Crippen molar-refractivity contribution in [1.29, 1.82) is 0 Å². The predicted molar refractivity (Wildman–Crippen MR) is 136 cm³/mol. The van der Waals surface area contributed by atoms with Gasteiger partial charge in [0.15, 0.2) is 0 Å². The van der Waals surface area contributed by atoms with E-state index in [1.54, 1.807) is 0 Å². The molecule has 2 atom stereocenters. The molecule has 0 saturated heterocycles. The summed E-state index contributed by atoms with van der Waals surface area (Å²) < 4.78 is 25.5. The molecule has 8 nitrogen and oxygen atoms in total. The van der Waals surface area contributed by atoms with Gasteiger partial charge in [0.05, 0.1) is 13.2 Å². The third kappa shape index (κ3) is 23.6. The van der Waals surface area contributed by atoms with E-state index in [-0.39, 0.29) is 26.2 Å². The SMILES string of the molecule is CCCCCC=CCC=CCC=CCC=CCCCC(=O)OCC(O)COP(=O)(O)OCCN. The Hall–Kier alpha value is -1.54. The molecule has 0 aromatic rings. The summed E-state index contributed by atoms with van der Waals surface area (Å²) in [7, 11) is -4.26. The number of hydrogen-bond acceptors (Lipinski definition) is 7. The lowest BCUT2D eigenvalue weighted by Crippen LogP contribution is -2.23. The van der Waals surface area contributed by atoms with Crippen LogP contribution >= 0.6 is 7.82 Å². The minimum Gasteiger partial charge on any atom is -0.463 e. The van der Waals surface area contributed by atoms with Gasteiger partial charge in [0.2, 0.25) is 0 Å². The molecule has 0 aliphatic heterocycles. The summed E-state index contributed by atoms with van der Waals surface area (Å²) >= 11 is 0. The largest absolute Gasteiger partial charge is 0.472 e. The average molecular weight is 502 g/mol. The number of aliphatic hydroxyl groups excluding tert-OH is 1. The van der Waals surface area contributed by atoms with Crippen molar-refractivity contribution in [3.05, 3.63) is 48.6 Å². The molecule has 0 fully saturated rings. The maximum atomic E-state index is 11.7. The molecule has 0 bridgehead atoms. The number of allylic oxidation sites excluding steroid dienone is 8. The Morgan fingerprint density at radius 2 is 1.44 bits per heavy atom. The van der Waals surface area contributed by atoms with Crippen LogP contribution in [-0.2, 0) is 23.1 Å². The van der Waals surface area contributed by atoms with Gasteiger partial charge >= 0.3 is 13.8 Å². The molecule has 0 spiro atoms. The fourth-order valence-corrected chi connectivity index (χ4v) is 3.39. The third-order valence-corrected chi connectivity index (χ3v) is 5.43. The van der Waals surface area contributed by atoms with Gasteiger partial charge in [-0.3, -0.25) is 13.8 Å². The standard InChI is InChI=1S/C25H44NO7P/c1-2-3-4-5-6-7-8-9-10-11-12-13-14-15-16-17-18-19-25(28)31-22-24(27)23-33-34(29,30)32-21-20-26/h6-7,9-10,12-13,15-16,24,27H,2-5,8,11,14,17-23,26H2,1H3,(H,29,30). The zero-order valence-corrected chi connectivity index (χ0v) is 21.5. The Kier molecular flexibility index (Phi) is 22.2. The molecule has 4 N–H and O–H groups in total. The van der Waals surface area contributed by atoms with Gasteiger partial charge in [-0.25, -0.2) is 4.57 Å². The normalized spacial score (nSPS) is 15.1. The van der Waals surface area contributed by atoms with Crippen molar-refractivity contribution in [2.45, 2.75) is 77.2 Å². The topological polar surface area (TPSA) is 128 Å². The Balaban J connectivity index is 3.68. The predicted octanol–water partition coefficient (Wildman–Crippen LogP) is 5.13. The number of hydrogen-bond donors (Lipinski definition) is 3. The Bertz CT molecular complexity index is 662. The summed E-state index contributed by atoms with van der Waals surface area (Å²) in [6, 6.07) is 0. The summed E-state index contributed by atoms with van der Waals surface area (Å²) in [5.41, 5.74) is 5.16. The molecule has 0 aliphatic carbocycles. The molecule has 0 radical (unpaired) electrons. The van der Waals surface area contributed by atoms with Crippen LogP contribution in [0.1, 0.15) is 71.1 Å². The molecule has 0 aromatic heterocycles. The van der Waals surface area contributed by atoms with Gasteiger partial charge in [-0.05, 0) is 44.9 Å². The lowest BCUT2D eigenvalue weighted by atomic mass is 10.2. The molecule has 0 saturated carbocycles. The van der Waals surface area contributed by atoms with E-state index < -0.39 is 26.5 Å². The Morgan fingerprint density at radius 1 is 0.882 bits per heavy atom. The number of phosphoric ester groups is 1. The van der Waals surface area contributed by atoms with Crippen molar-refractivity contribution >= 4 is 13.8 Å². The second kappa shape index (κ2) is 23.2. The highest BCUT2D eigenvalue weighted by Crippen LogP contribution is 2.42. The van der Waals surface area contributed by atoms with E-state index in [4.69, 9.17) is 10.5 Å². The van der Waals surface area contributed by atoms with E-state index in [0.29, 0.717) is 6.42 Å². The van der Waals surface area contributed by atoms with Crippen molar-refractivity contribution in [3.63, 3.8) is 0 Å². The van der Waals surface area contributed by atoms with Gasteiger partial charge < -0.3 is 20.5 Å². The first-order valence-corrected chi connectivity index (χ1v) is 13.7. The minimum absolute atomic E-state index is 0.0646. The first-order chi connectivity index (χ1) is 16.4. The number of phosphoric acid groups is 1. The van der Waals surface area contributed by atoms with Crippen LogP contribution < -0.4 is 5.73 Å². The quantitative estimate of drug-likeness (QED) is 0.0806. The summed E-state index contributed by atoms with van der Waals surface area (Å²) in [5.74, 6) is -0.443. The number of rotatable bonds is 22. The molecule has 196 valence electrons. The van der Waals surface area contributed by atoms with Crippen molar-refractivity contribution in [2.24, 2.45) is 5.73 Å². The van der Waals surface area contributed by atoms with Crippen LogP contribution in [-0.4, -0.2) is 48.4 Å². The molecule has 0 heterocycles. The highest BCUT2D eigenvalue weighted by Gasteiger charge is 2.22. The van der Waals surface area contributed by atoms with E-state index in [9.17, 15) is 19.4 Å². The van der Waals surface area contributed by atoms with E-state index in [1.165, 1.54) is 25.7 Å². The highest BCUT2D eigenvalue weighted by atomic mass is 31.2. The van der Waals surface area contributed by atoms with E-state index in [1.807, 2.05) is 6.08 Å². The first-order valence-electron chi connectivity index (χ1n) is 12.2. The summed E-state index contributed by atoms with van der Waals surface area (Å²) in [5, 5.41) is 9.67. The maximum absolute atomic E-state index is 11.7. The van der Waals surface area contributed by atoms with Crippen LogP contribution in [0.2, 0.25) is 0 Å². The fourth-order valence-electron chi connectivity index (χ4n) is 2.62. The van der Waals surface area contributed by atoms with Crippen molar-refractivity contribution in [3.8, 4) is 0 Å². The molecule has 34 heavy (non-hydrogen) atoms. The fraction of sp³-hybridized carbons (Fsp3) is 0.640. The molecule has 2 unspecified atom stereocenters. The van der Waals surface area contributed by atoms with Gasteiger partial charge in [-0.1, -0.05) is 68.4 Å². The number of ether oxygens (including phenoxy) is 1. The molecule has 0 aromatic carbocycles. The Labute approximate surface area is 205 Å². The van der Waals surface area contributed by atoms with Crippen molar-refractivity contribution < 1.29 is 33.1 Å². The number of esters is 1. The summed E-state index contributed by atoms with van der Waals surface area (Å²) in [4.78, 5) is 21.0. The number of nitrogens with two attached hydrogens (primary N) is 1. The molecule has 0 aliphatic rings. The summed E-state index contributed by atoms with van der Waals surface area (Å²) in [6.45, 7) is 1.33. The average Bonchev–Trinajstić information content (AvgIpc) is 2.82. The minimum atomic E-state index is -4.26. The van der Waals surface area contributed by atoms with Crippen LogP contribution in [0.5, 0.6) is 0 Å². The highest BCUT2D eigenvalue weighted by molar-refractivity contribution is 7.47. The van der Waals surface area contributed by atoms with Crippen LogP contribution in [0, 0.1) is 0 Å².